The summed E-state index contributed by atoms with van der Waals surface area (Å²) in [4.78, 5) is 18.4. The molecule has 3 aromatic rings. The van der Waals surface area contributed by atoms with E-state index in [0.29, 0.717) is 24.1 Å². The molecule has 4 rings (SSSR count). The lowest BCUT2D eigenvalue weighted by Gasteiger charge is -2.29. The van der Waals surface area contributed by atoms with Gasteiger partial charge in [0.05, 0.1) is 18.0 Å². The Morgan fingerprint density at radius 1 is 1.18 bits per heavy atom. The maximum atomic E-state index is 12.5. The number of hydrogen-bond donors (Lipinski definition) is 0. The molecule has 0 radical (unpaired) electrons. The van der Waals surface area contributed by atoms with Gasteiger partial charge in [0.15, 0.2) is 17.6 Å². The van der Waals surface area contributed by atoms with Crippen LogP contribution in [0, 0.1) is 0 Å². The summed E-state index contributed by atoms with van der Waals surface area (Å²) in [5.41, 5.74) is 0.931. The third-order valence-electron chi connectivity index (χ3n) is 4.29. The molecule has 0 fully saturated rings. The Kier molecular flexibility index (Phi) is 5.48. The van der Waals surface area contributed by atoms with E-state index in [4.69, 9.17) is 9.47 Å². The predicted octanol–water partition coefficient (Wildman–Crippen LogP) is 2.66. The number of aromatic nitrogens is 3. The number of rotatable bonds is 6. The molecule has 1 aliphatic rings. The van der Waals surface area contributed by atoms with Crippen LogP contribution in [0.2, 0.25) is 0 Å². The average Bonchev–Trinajstić information content (AvgIpc) is 3.21. The van der Waals surface area contributed by atoms with Crippen molar-refractivity contribution in [3.05, 3.63) is 60.9 Å². The molecular weight excluding hydrogens is 376 g/mol. The van der Waals surface area contributed by atoms with Crippen LogP contribution < -0.4 is 9.47 Å². The van der Waals surface area contributed by atoms with E-state index in [9.17, 15) is 4.79 Å². The maximum absolute atomic E-state index is 12.5. The Morgan fingerprint density at radius 3 is 2.75 bits per heavy atom. The Labute approximate surface area is 167 Å². The third-order valence-corrected chi connectivity index (χ3v) is 5.12. The van der Waals surface area contributed by atoms with E-state index in [2.05, 4.69) is 10.1 Å². The number of ether oxygens (including phenoxy) is 2. The van der Waals surface area contributed by atoms with Crippen LogP contribution in [-0.2, 0) is 4.79 Å². The molecular formula is C20H20N4O3S. The Hall–Kier alpha value is -3.00. The van der Waals surface area contributed by atoms with E-state index in [1.165, 1.54) is 11.8 Å². The first-order chi connectivity index (χ1) is 13.7. The topological polar surface area (TPSA) is 69.5 Å². The van der Waals surface area contributed by atoms with Gasteiger partial charge in [-0.1, -0.05) is 42.1 Å². The van der Waals surface area contributed by atoms with Gasteiger partial charge in [0, 0.05) is 7.05 Å². The molecule has 1 atom stereocenters. The number of thioether (sulfide) groups is 1. The molecule has 0 aliphatic carbocycles. The summed E-state index contributed by atoms with van der Waals surface area (Å²) in [6.07, 6.45) is 1.46. The van der Waals surface area contributed by atoms with Crippen LogP contribution >= 0.6 is 11.8 Å². The molecule has 0 N–H and O–H groups in total. The van der Waals surface area contributed by atoms with E-state index in [0.717, 1.165) is 11.4 Å². The summed E-state index contributed by atoms with van der Waals surface area (Å²) in [6, 6.07) is 17.3. The van der Waals surface area contributed by atoms with Gasteiger partial charge in [0.2, 0.25) is 11.1 Å². The van der Waals surface area contributed by atoms with Gasteiger partial charge in [0.25, 0.3) is 0 Å². The molecule has 0 spiro atoms. The largest absolute Gasteiger partial charge is 0.486 e. The van der Waals surface area contributed by atoms with Gasteiger partial charge in [-0.05, 0) is 24.3 Å². The SMILES string of the molecule is CN(CC1COc2ccccc2O1)C(=O)CSc1ncn(-c2ccccc2)n1. The summed E-state index contributed by atoms with van der Waals surface area (Å²) in [5.74, 6) is 1.70. The fourth-order valence-corrected chi connectivity index (χ4v) is 3.56. The number of carbonyl (C=O) groups is 1. The molecule has 0 bridgehead atoms. The molecule has 1 aliphatic heterocycles. The van der Waals surface area contributed by atoms with Crippen LogP contribution in [0.3, 0.4) is 0 Å². The summed E-state index contributed by atoms with van der Waals surface area (Å²) in [7, 11) is 1.77. The van der Waals surface area contributed by atoms with Crippen molar-refractivity contribution in [3.63, 3.8) is 0 Å². The smallest absolute Gasteiger partial charge is 0.232 e. The molecule has 7 nitrogen and oxygen atoms in total. The number of carbonyl (C=O) groups excluding carboxylic acids is 1. The maximum Gasteiger partial charge on any atom is 0.232 e. The summed E-state index contributed by atoms with van der Waals surface area (Å²) in [5, 5.41) is 4.97. The van der Waals surface area contributed by atoms with Gasteiger partial charge in [-0.25, -0.2) is 9.67 Å². The van der Waals surface area contributed by atoms with E-state index in [-0.39, 0.29) is 17.8 Å². The minimum absolute atomic E-state index is 0.0106. The van der Waals surface area contributed by atoms with Crippen LogP contribution in [-0.4, -0.2) is 57.6 Å². The van der Waals surface area contributed by atoms with Gasteiger partial charge in [0.1, 0.15) is 12.9 Å². The highest BCUT2D eigenvalue weighted by Crippen LogP contribution is 2.31. The molecule has 0 saturated heterocycles. The molecule has 2 heterocycles. The highest BCUT2D eigenvalue weighted by Gasteiger charge is 2.23. The first-order valence-electron chi connectivity index (χ1n) is 8.91. The number of benzene rings is 2. The van der Waals surface area contributed by atoms with E-state index in [1.807, 2.05) is 54.6 Å². The second-order valence-electron chi connectivity index (χ2n) is 6.37. The first kappa shape index (κ1) is 18.4. The van der Waals surface area contributed by atoms with Crippen molar-refractivity contribution in [1.82, 2.24) is 19.7 Å². The van der Waals surface area contributed by atoms with Crippen LogP contribution in [0.15, 0.2) is 66.1 Å². The van der Waals surface area contributed by atoms with Gasteiger partial charge >= 0.3 is 0 Å². The zero-order chi connectivity index (χ0) is 19.3. The lowest BCUT2D eigenvalue weighted by molar-refractivity contribution is -0.128. The normalized spacial score (nSPS) is 15.2. The highest BCUT2D eigenvalue weighted by atomic mass is 32.2. The van der Waals surface area contributed by atoms with Crippen molar-refractivity contribution < 1.29 is 14.3 Å². The molecule has 1 aromatic heterocycles. The van der Waals surface area contributed by atoms with E-state index < -0.39 is 0 Å². The van der Waals surface area contributed by atoms with Gasteiger partial charge in [-0.3, -0.25) is 4.79 Å². The van der Waals surface area contributed by atoms with E-state index >= 15 is 0 Å². The molecule has 28 heavy (non-hydrogen) atoms. The standard InChI is InChI=1S/C20H20N4O3S/c1-23(11-16-12-26-17-9-5-6-10-18(17)27-16)19(25)13-28-20-21-14-24(22-20)15-7-3-2-4-8-15/h2-10,14,16H,11-13H2,1H3. The first-order valence-corrected chi connectivity index (χ1v) is 9.90. The van der Waals surface area contributed by atoms with Crippen molar-refractivity contribution in [2.75, 3.05) is 26.0 Å². The highest BCUT2D eigenvalue weighted by molar-refractivity contribution is 7.99. The minimum Gasteiger partial charge on any atom is -0.486 e. The average molecular weight is 396 g/mol. The zero-order valence-corrected chi connectivity index (χ0v) is 16.2. The zero-order valence-electron chi connectivity index (χ0n) is 15.4. The predicted molar refractivity (Wildman–Crippen MR) is 106 cm³/mol. The van der Waals surface area contributed by atoms with Crippen molar-refractivity contribution in [1.29, 1.82) is 0 Å². The fourth-order valence-electron chi connectivity index (χ4n) is 2.82. The lowest BCUT2D eigenvalue weighted by atomic mass is 10.2. The van der Waals surface area contributed by atoms with Gasteiger partial charge in [-0.2, -0.15) is 0 Å². The number of para-hydroxylation sites is 3. The summed E-state index contributed by atoms with van der Waals surface area (Å²) < 4.78 is 13.3. The monoisotopic (exact) mass is 396 g/mol. The second kappa shape index (κ2) is 8.35. The quantitative estimate of drug-likeness (QED) is 0.597. The van der Waals surface area contributed by atoms with Crippen molar-refractivity contribution in [2.45, 2.75) is 11.3 Å². The number of hydrogen-bond acceptors (Lipinski definition) is 6. The Balaban J connectivity index is 1.28. The Bertz CT molecular complexity index is 947. The van der Waals surface area contributed by atoms with Crippen LogP contribution in [0.25, 0.3) is 5.69 Å². The molecule has 2 aromatic carbocycles. The van der Waals surface area contributed by atoms with Gasteiger partial charge in [-0.15, -0.1) is 5.10 Å². The van der Waals surface area contributed by atoms with Gasteiger partial charge < -0.3 is 14.4 Å². The number of fused-ring (bicyclic) bond motifs is 1. The van der Waals surface area contributed by atoms with Crippen LogP contribution in [0.4, 0.5) is 0 Å². The molecule has 0 saturated carbocycles. The molecule has 1 amide bonds. The van der Waals surface area contributed by atoms with Crippen LogP contribution in [0.1, 0.15) is 0 Å². The molecule has 1 unspecified atom stereocenters. The molecule has 144 valence electrons. The molecule has 8 heteroatoms. The van der Waals surface area contributed by atoms with Crippen molar-refractivity contribution in [3.8, 4) is 17.2 Å². The number of likely N-dealkylation sites (N-methyl/N-ethyl adjacent to an activating group) is 1. The van der Waals surface area contributed by atoms with Crippen molar-refractivity contribution >= 4 is 17.7 Å². The van der Waals surface area contributed by atoms with Crippen molar-refractivity contribution in [2.24, 2.45) is 0 Å². The lowest BCUT2D eigenvalue weighted by Crippen LogP contribution is -2.42. The van der Waals surface area contributed by atoms with Crippen LogP contribution in [0.5, 0.6) is 11.5 Å². The summed E-state index contributed by atoms with van der Waals surface area (Å²) in [6.45, 7) is 0.879. The van der Waals surface area contributed by atoms with E-state index in [1.54, 1.807) is 23.0 Å². The number of nitrogens with zero attached hydrogens (tertiary/aromatic N) is 4. The fraction of sp³-hybridized carbons (Fsp3) is 0.250. The minimum atomic E-state index is -0.190. The third kappa shape index (κ3) is 4.28. The Morgan fingerprint density at radius 2 is 1.93 bits per heavy atom. The number of amides is 1. The summed E-state index contributed by atoms with van der Waals surface area (Å²) >= 11 is 1.32. The second-order valence-corrected chi connectivity index (χ2v) is 7.31.